The van der Waals surface area contributed by atoms with Gasteiger partial charge in [-0.25, -0.2) is 4.39 Å². The zero-order valence-electron chi connectivity index (χ0n) is 12.7. The van der Waals surface area contributed by atoms with Crippen molar-refractivity contribution < 1.29 is 9.18 Å². The van der Waals surface area contributed by atoms with Crippen LogP contribution in [0.2, 0.25) is 0 Å². The molecule has 1 aromatic carbocycles. The van der Waals surface area contributed by atoms with Gasteiger partial charge >= 0.3 is 0 Å². The summed E-state index contributed by atoms with van der Waals surface area (Å²) >= 11 is 0. The Bertz CT molecular complexity index is 475. The summed E-state index contributed by atoms with van der Waals surface area (Å²) in [5.74, 6) is -0.352. The molecular weight excluding hydrogens is 291 g/mol. The predicted octanol–water partition coefficient (Wildman–Crippen LogP) is 3.16. The number of hydrogen-bond acceptors (Lipinski definition) is 2. The number of aryl methyl sites for hydroxylation is 1. The fraction of sp³-hybridized carbons (Fsp3) is 0.562. The summed E-state index contributed by atoms with van der Waals surface area (Å²) in [4.78, 5) is 14.6. The SMILES string of the molecule is CCCN(C(=O)c1ccc(C)c(F)c1)C1CCNCC1.Cl. The van der Waals surface area contributed by atoms with E-state index >= 15 is 0 Å². The Kier molecular flexibility index (Phi) is 7.12. The summed E-state index contributed by atoms with van der Waals surface area (Å²) < 4.78 is 13.7. The molecule has 0 atom stereocenters. The molecule has 0 spiro atoms. The highest BCUT2D eigenvalue weighted by molar-refractivity contribution is 5.94. The monoisotopic (exact) mass is 314 g/mol. The normalized spacial score (nSPS) is 15.4. The van der Waals surface area contributed by atoms with Crippen molar-refractivity contribution in [1.29, 1.82) is 0 Å². The van der Waals surface area contributed by atoms with Crippen LogP contribution in [-0.4, -0.2) is 36.5 Å². The Labute approximate surface area is 132 Å². The van der Waals surface area contributed by atoms with Crippen LogP contribution < -0.4 is 5.32 Å². The average molecular weight is 315 g/mol. The van der Waals surface area contributed by atoms with Gasteiger partial charge < -0.3 is 10.2 Å². The van der Waals surface area contributed by atoms with Gasteiger partial charge in [0.05, 0.1) is 0 Å². The molecule has 0 saturated carbocycles. The van der Waals surface area contributed by atoms with E-state index in [0.29, 0.717) is 11.1 Å². The van der Waals surface area contributed by atoms with E-state index in [9.17, 15) is 9.18 Å². The van der Waals surface area contributed by atoms with Gasteiger partial charge in [-0.05, 0) is 57.0 Å². The lowest BCUT2D eigenvalue weighted by Crippen LogP contribution is -2.46. The van der Waals surface area contributed by atoms with E-state index in [-0.39, 0.29) is 30.2 Å². The quantitative estimate of drug-likeness (QED) is 0.926. The molecule has 1 saturated heterocycles. The summed E-state index contributed by atoms with van der Waals surface area (Å²) in [6.45, 7) is 6.40. The lowest BCUT2D eigenvalue weighted by molar-refractivity contribution is 0.0642. The van der Waals surface area contributed by atoms with Crippen LogP contribution in [0.1, 0.15) is 42.1 Å². The van der Waals surface area contributed by atoms with E-state index in [1.807, 2.05) is 4.90 Å². The van der Waals surface area contributed by atoms with Gasteiger partial charge in [-0.3, -0.25) is 4.79 Å². The lowest BCUT2D eigenvalue weighted by Gasteiger charge is -2.34. The first-order valence-electron chi connectivity index (χ1n) is 7.41. The molecule has 2 rings (SSSR count). The van der Waals surface area contributed by atoms with Crippen molar-refractivity contribution in [3.05, 3.63) is 35.1 Å². The molecule has 1 amide bonds. The van der Waals surface area contributed by atoms with E-state index < -0.39 is 0 Å². The van der Waals surface area contributed by atoms with E-state index in [1.54, 1.807) is 19.1 Å². The largest absolute Gasteiger partial charge is 0.336 e. The summed E-state index contributed by atoms with van der Waals surface area (Å²) in [6.07, 6.45) is 2.87. The fourth-order valence-corrected chi connectivity index (χ4v) is 2.70. The molecule has 0 aliphatic carbocycles. The molecule has 0 bridgehead atoms. The molecule has 1 aromatic rings. The summed E-state index contributed by atoms with van der Waals surface area (Å²) in [5.41, 5.74) is 1.03. The van der Waals surface area contributed by atoms with E-state index in [0.717, 1.165) is 38.9 Å². The first-order valence-corrected chi connectivity index (χ1v) is 7.41. The molecule has 1 heterocycles. The highest BCUT2D eigenvalue weighted by Gasteiger charge is 2.25. The minimum atomic E-state index is -0.308. The number of nitrogens with one attached hydrogen (secondary N) is 1. The summed E-state index contributed by atoms with van der Waals surface area (Å²) in [6, 6.07) is 5.04. The van der Waals surface area contributed by atoms with E-state index in [1.165, 1.54) is 6.07 Å². The summed E-state index contributed by atoms with van der Waals surface area (Å²) in [7, 11) is 0. The van der Waals surface area contributed by atoms with Crippen molar-refractivity contribution in [2.45, 2.75) is 39.2 Å². The number of rotatable bonds is 4. The second-order valence-electron chi connectivity index (χ2n) is 5.44. The standard InChI is InChI=1S/C16H23FN2O.ClH/c1-3-10-19(14-6-8-18-9-7-14)16(20)13-5-4-12(2)15(17)11-13;/h4-5,11,14,18H,3,6-10H2,1-2H3;1H. The van der Waals surface area contributed by atoms with Crippen LogP contribution in [0.25, 0.3) is 0 Å². The second-order valence-corrected chi connectivity index (χ2v) is 5.44. The minimum Gasteiger partial charge on any atom is -0.336 e. The van der Waals surface area contributed by atoms with E-state index in [2.05, 4.69) is 12.2 Å². The van der Waals surface area contributed by atoms with Gasteiger partial charge in [0.2, 0.25) is 0 Å². The number of halogens is 2. The molecule has 1 aliphatic heterocycles. The molecule has 5 heteroatoms. The number of hydrogen-bond donors (Lipinski definition) is 1. The Hall–Kier alpha value is -1.13. The Balaban J connectivity index is 0.00000220. The maximum atomic E-state index is 13.7. The average Bonchev–Trinajstić information content (AvgIpc) is 2.48. The molecule has 0 aromatic heterocycles. The Morgan fingerprint density at radius 1 is 1.38 bits per heavy atom. The third-order valence-electron chi connectivity index (χ3n) is 3.89. The smallest absolute Gasteiger partial charge is 0.254 e. The molecular formula is C16H24ClFN2O. The van der Waals surface area contributed by atoms with Gasteiger partial charge in [0.25, 0.3) is 5.91 Å². The fourth-order valence-electron chi connectivity index (χ4n) is 2.70. The van der Waals surface area contributed by atoms with Gasteiger partial charge in [-0.2, -0.15) is 0 Å². The third kappa shape index (κ3) is 4.42. The Morgan fingerprint density at radius 2 is 2.05 bits per heavy atom. The number of piperidine rings is 1. The second kappa shape index (κ2) is 8.35. The highest BCUT2D eigenvalue weighted by Crippen LogP contribution is 2.18. The number of carbonyl (C=O) groups excluding carboxylic acids is 1. The maximum absolute atomic E-state index is 13.7. The van der Waals surface area contributed by atoms with Crippen molar-refractivity contribution in [3.63, 3.8) is 0 Å². The molecule has 0 unspecified atom stereocenters. The first kappa shape index (κ1) is 17.9. The highest BCUT2D eigenvalue weighted by atomic mass is 35.5. The zero-order chi connectivity index (χ0) is 14.5. The van der Waals surface area contributed by atoms with Crippen molar-refractivity contribution in [2.24, 2.45) is 0 Å². The van der Waals surface area contributed by atoms with Gasteiger partial charge in [-0.15, -0.1) is 12.4 Å². The number of nitrogens with zero attached hydrogens (tertiary/aromatic N) is 1. The van der Waals surface area contributed by atoms with Crippen LogP contribution in [0.4, 0.5) is 4.39 Å². The zero-order valence-corrected chi connectivity index (χ0v) is 13.5. The molecule has 0 radical (unpaired) electrons. The number of amides is 1. The summed E-state index contributed by atoms with van der Waals surface area (Å²) in [5, 5.41) is 3.31. The number of carbonyl (C=O) groups is 1. The Morgan fingerprint density at radius 3 is 2.62 bits per heavy atom. The van der Waals surface area contributed by atoms with Gasteiger partial charge in [-0.1, -0.05) is 13.0 Å². The topological polar surface area (TPSA) is 32.3 Å². The minimum absolute atomic E-state index is 0. The van der Waals surface area contributed by atoms with E-state index in [4.69, 9.17) is 0 Å². The van der Waals surface area contributed by atoms with Crippen LogP contribution in [-0.2, 0) is 0 Å². The van der Waals surface area contributed by atoms with Crippen LogP contribution >= 0.6 is 12.4 Å². The molecule has 118 valence electrons. The molecule has 1 N–H and O–H groups in total. The molecule has 3 nitrogen and oxygen atoms in total. The van der Waals surface area contributed by atoms with Crippen LogP contribution in [0.15, 0.2) is 18.2 Å². The molecule has 1 fully saturated rings. The first-order chi connectivity index (χ1) is 9.63. The predicted molar refractivity (Wildman–Crippen MR) is 85.6 cm³/mol. The third-order valence-corrected chi connectivity index (χ3v) is 3.89. The molecule has 21 heavy (non-hydrogen) atoms. The van der Waals surface area contributed by atoms with Gasteiger partial charge in [0, 0.05) is 18.2 Å². The van der Waals surface area contributed by atoms with Crippen LogP contribution in [0, 0.1) is 12.7 Å². The van der Waals surface area contributed by atoms with Gasteiger partial charge in [0.1, 0.15) is 5.82 Å². The van der Waals surface area contributed by atoms with Crippen molar-refractivity contribution in [2.75, 3.05) is 19.6 Å². The molecule has 1 aliphatic rings. The van der Waals surface area contributed by atoms with Crippen molar-refractivity contribution in [1.82, 2.24) is 10.2 Å². The van der Waals surface area contributed by atoms with Crippen LogP contribution in [0.5, 0.6) is 0 Å². The van der Waals surface area contributed by atoms with Crippen molar-refractivity contribution >= 4 is 18.3 Å². The lowest BCUT2D eigenvalue weighted by atomic mass is 10.0. The maximum Gasteiger partial charge on any atom is 0.254 e. The van der Waals surface area contributed by atoms with Gasteiger partial charge in [0.15, 0.2) is 0 Å². The van der Waals surface area contributed by atoms with Crippen molar-refractivity contribution in [3.8, 4) is 0 Å². The van der Waals surface area contributed by atoms with Crippen LogP contribution in [0.3, 0.4) is 0 Å². The number of benzene rings is 1.